The van der Waals surface area contributed by atoms with Crippen LogP contribution in [0.15, 0.2) is 52.4 Å². The SMILES string of the molecule is CCCCSc1nnc2c(n1)O[C@H](c1cccnc1)Nc1ccc(Br)cc1-2. The van der Waals surface area contributed by atoms with Crippen molar-refractivity contribution in [2.75, 3.05) is 11.1 Å². The molecule has 1 aliphatic rings. The van der Waals surface area contributed by atoms with Gasteiger partial charge in [-0.3, -0.25) is 4.98 Å². The van der Waals surface area contributed by atoms with Gasteiger partial charge >= 0.3 is 0 Å². The van der Waals surface area contributed by atoms with Crippen molar-refractivity contribution in [3.05, 3.63) is 52.8 Å². The van der Waals surface area contributed by atoms with Crippen LogP contribution in [-0.4, -0.2) is 25.9 Å². The number of aromatic nitrogens is 4. The molecule has 4 rings (SSSR count). The van der Waals surface area contributed by atoms with Gasteiger partial charge in [-0.15, -0.1) is 10.2 Å². The number of hydrogen-bond donors (Lipinski definition) is 1. The summed E-state index contributed by atoms with van der Waals surface area (Å²) >= 11 is 5.13. The molecule has 0 aliphatic carbocycles. The van der Waals surface area contributed by atoms with E-state index in [1.54, 1.807) is 24.2 Å². The maximum atomic E-state index is 6.22. The molecule has 3 aromatic rings. The van der Waals surface area contributed by atoms with E-state index in [4.69, 9.17) is 4.74 Å². The van der Waals surface area contributed by atoms with Crippen LogP contribution < -0.4 is 10.1 Å². The molecule has 0 bridgehead atoms. The standard InChI is InChI=1S/C19H18BrN5OS/c1-2-3-9-27-19-23-18-16(24-25-19)14-10-13(20)6-7-15(14)22-17(26-18)12-5-4-8-21-11-12/h4-8,10-11,17,22H,2-3,9H2,1H3/t17-/m1/s1. The Balaban J connectivity index is 1.76. The summed E-state index contributed by atoms with van der Waals surface area (Å²) in [5.74, 6) is 1.44. The predicted molar refractivity (Wildman–Crippen MR) is 110 cm³/mol. The number of nitrogens with one attached hydrogen (secondary N) is 1. The van der Waals surface area contributed by atoms with Crippen molar-refractivity contribution < 1.29 is 4.74 Å². The Morgan fingerprint density at radius 3 is 3.00 bits per heavy atom. The first-order chi connectivity index (χ1) is 13.2. The van der Waals surface area contributed by atoms with Gasteiger partial charge in [-0.05, 0) is 30.7 Å². The lowest BCUT2D eigenvalue weighted by atomic mass is 10.1. The largest absolute Gasteiger partial charge is 0.448 e. The number of unbranched alkanes of at least 4 members (excludes halogenated alkanes) is 1. The van der Waals surface area contributed by atoms with Crippen molar-refractivity contribution in [3.8, 4) is 17.1 Å². The maximum absolute atomic E-state index is 6.22. The summed E-state index contributed by atoms with van der Waals surface area (Å²) in [5.41, 5.74) is 3.35. The van der Waals surface area contributed by atoms with Crippen LogP contribution in [0.3, 0.4) is 0 Å². The summed E-state index contributed by atoms with van der Waals surface area (Å²) < 4.78 is 7.17. The van der Waals surface area contributed by atoms with Gasteiger partial charge in [-0.25, -0.2) is 0 Å². The number of halogens is 1. The van der Waals surface area contributed by atoms with Gasteiger partial charge in [0.25, 0.3) is 0 Å². The number of hydrogen-bond acceptors (Lipinski definition) is 7. The molecule has 138 valence electrons. The summed E-state index contributed by atoms with van der Waals surface area (Å²) in [6, 6.07) is 9.83. The Morgan fingerprint density at radius 1 is 1.26 bits per heavy atom. The average molecular weight is 444 g/mol. The molecular formula is C19H18BrN5OS. The molecule has 1 N–H and O–H groups in total. The molecule has 0 saturated carbocycles. The van der Waals surface area contributed by atoms with Crippen LogP contribution in [-0.2, 0) is 0 Å². The van der Waals surface area contributed by atoms with Crippen molar-refractivity contribution >= 4 is 33.4 Å². The third kappa shape index (κ3) is 4.06. The fraction of sp³-hybridized carbons (Fsp3) is 0.263. The highest BCUT2D eigenvalue weighted by molar-refractivity contribution is 9.10. The van der Waals surface area contributed by atoms with Gasteiger partial charge in [-0.2, -0.15) is 4.98 Å². The Labute approximate surface area is 170 Å². The van der Waals surface area contributed by atoms with E-state index < -0.39 is 6.23 Å². The summed E-state index contributed by atoms with van der Waals surface area (Å²) in [6.07, 6.45) is 5.36. The number of pyridine rings is 1. The second-order valence-electron chi connectivity index (χ2n) is 6.07. The maximum Gasteiger partial charge on any atom is 0.247 e. The van der Waals surface area contributed by atoms with Gasteiger partial charge in [0.05, 0.1) is 0 Å². The lowest BCUT2D eigenvalue weighted by Gasteiger charge is -2.18. The quantitative estimate of drug-likeness (QED) is 0.434. The number of rotatable bonds is 5. The van der Waals surface area contributed by atoms with Crippen LogP contribution >= 0.6 is 27.7 Å². The summed E-state index contributed by atoms with van der Waals surface area (Å²) in [6.45, 7) is 2.17. The zero-order valence-electron chi connectivity index (χ0n) is 14.7. The Kier molecular flexibility index (Phi) is 5.54. The molecule has 0 fully saturated rings. The molecule has 0 radical (unpaired) electrons. The molecule has 1 atom stereocenters. The zero-order chi connectivity index (χ0) is 18.6. The fourth-order valence-electron chi connectivity index (χ4n) is 2.72. The number of thioether (sulfide) groups is 1. The number of anilines is 1. The van der Waals surface area contributed by atoms with Crippen LogP contribution in [0, 0.1) is 0 Å². The molecule has 27 heavy (non-hydrogen) atoms. The number of nitrogens with zero attached hydrogens (tertiary/aromatic N) is 4. The minimum atomic E-state index is -0.412. The van der Waals surface area contributed by atoms with Crippen molar-refractivity contribution in [1.29, 1.82) is 0 Å². The Hall–Kier alpha value is -2.19. The third-order valence-electron chi connectivity index (χ3n) is 4.10. The van der Waals surface area contributed by atoms with E-state index in [1.165, 1.54) is 0 Å². The normalized spacial score (nSPS) is 15.1. The van der Waals surface area contributed by atoms with E-state index >= 15 is 0 Å². The van der Waals surface area contributed by atoms with Crippen LogP contribution in [0.5, 0.6) is 5.88 Å². The molecule has 0 amide bonds. The molecular weight excluding hydrogens is 426 g/mol. The molecule has 0 unspecified atom stereocenters. The van der Waals surface area contributed by atoms with E-state index in [1.807, 2.05) is 30.3 Å². The molecule has 0 saturated heterocycles. The van der Waals surface area contributed by atoms with Crippen LogP contribution in [0.4, 0.5) is 5.69 Å². The van der Waals surface area contributed by atoms with Crippen molar-refractivity contribution in [2.45, 2.75) is 31.1 Å². The summed E-state index contributed by atoms with van der Waals surface area (Å²) in [4.78, 5) is 8.84. The van der Waals surface area contributed by atoms with E-state index in [9.17, 15) is 0 Å². The van der Waals surface area contributed by atoms with Gasteiger partial charge in [0.1, 0.15) is 0 Å². The second kappa shape index (κ2) is 8.22. The van der Waals surface area contributed by atoms with Crippen LogP contribution in [0.25, 0.3) is 11.3 Å². The van der Waals surface area contributed by atoms with Crippen molar-refractivity contribution in [1.82, 2.24) is 20.2 Å². The van der Waals surface area contributed by atoms with Gasteiger partial charge in [0.2, 0.25) is 11.0 Å². The van der Waals surface area contributed by atoms with Gasteiger partial charge in [0, 0.05) is 39.4 Å². The molecule has 8 heteroatoms. The van der Waals surface area contributed by atoms with E-state index in [2.05, 4.69) is 48.3 Å². The topological polar surface area (TPSA) is 72.8 Å². The molecule has 1 aliphatic heterocycles. The number of ether oxygens (including phenoxy) is 1. The molecule has 6 nitrogen and oxygen atoms in total. The molecule has 2 aromatic heterocycles. The highest BCUT2D eigenvalue weighted by Gasteiger charge is 2.26. The van der Waals surface area contributed by atoms with E-state index in [-0.39, 0.29) is 0 Å². The third-order valence-corrected chi connectivity index (χ3v) is 5.52. The van der Waals surface area contributed by atoms with Gasteiger partial charge in [-0.1, -0.05) is 47.1 Å². The van der Waals surface area contributed by atoms with E-state index in [0.717, 1.165) is 39.9 Å². The minimum Gasteiger partial charge on any atom is -0.448 e. The first-order valence-electron chi connectivity index (χ1n) is 8.75. The average Bonchev–Trinajstić information content (AvgIpc) is 2.85. The Bertz CT molecular complexity index is 941. The van der Waals surface area contributed by atoms with E-state index in [0.29, 0.717) is 16.7 Å². The molecule has 3 heterocycles. The van der Waals surface area contributed by atoms with Crippen molar-refractivity contribution in [3.63, 3.8) is 0 Å². The fourth-order valence-corrected chi connectivity index (χ4v) is 3.94. The first-order valence-corrected chi connectivity index (χ1v) is 10.5. The number of benzene rings is 1. The second-order valence-corrected chi connectivity index (χ2v) is 8.05. The first kappa shape index (κ1) is 18.2. The zero-order valence-corrected chi connectivity index (χ0v) is 17.1. The van der Waals surface area contributed by atoms with Crippen LogP contribution in [0.1, 0.15) is 31.6 Å². The highest BCUT2D eigenvalue weighted by Crippen LogP contribution is 2.40. The highest BCUT2D eigenvalue weighted by atomic mass is 79.9. The monoisotopic (exact) mass is 443 g/mol. The Morgan fingerprint density at radius 2 is 2.19 bits per heavy atom. The van der Waals surface area contributed by atoms with Crippen molar-refractivity contribution in [2.24, 2.45) is 0 Å². The van der Waals surface area contributed by atoms with Gasteiger partial charge in [0.15, 0.2) is 11.9 Å². The van der Waals surface area contributed by atoms with Gasteiger partial charge < -0.3 is 10.1 Å². The lowest BCUT2D eigenvalue weighted by Crippen LogP contribution is -2.17. The summed E-state index contributed by atoms with van der Waals surface area (Å²) in [7, 11) is 0. The number of fused-ring (bicyclic) bond motifs is 3. The smallest absolute Gasteiger partial charge is 0.247 e. The molecule has 1 aromatic carbocycles. The molecule has 0 spiro atoms. The predicted octanol–water partition coefficient (Wildman–Crippen LogP) is 5.09. The lowest BCUT2D eigenvalue weighted by molar-refractivity contribution is 0.225. The minimum absolute atomic E-state index is 0.412. The summed E-state index contributed by atoms with van der Waals surface area (Å²) in [5, 5.41) is 12.8. The van der Waals surface area contributed by atoms with Crippen LogP contribution in [0.2, 0.25) is 0 Å².